The van der Waals surface area contributed by atoms with Crippen LogP contribution in [0.4, 0.5) is 4.39 Å². The fraction of sp³-hybridized carbons (Fsp3) is 0.185. The van der Waals surface area contributed by atoms with Crippen molar-refractivity contribution in [3.8, 4) is 0 Å². The number of aromatic nitrogens is 2. The number of aryl methyl sites for hydroxylation is 1. The number of halogens is 2. The van der Waals surface area contributed by atoms with Crippen LogP contribution in [-0.4, -0.2) is 35.6 Å². The van der Waals surface area contributed by atoms with Gasteiger partial charge in [-0.2, -0.15) is 4.72 Å². The topological polar surface area (TPSA) is 185 Å². The van der Waals surface area contributed by atoms with Gasteiger partial charge in [0, 0.05) is 10.9 Å². The number of carbonyl (C=O) groups is 2. The quantitative estimate of drug-likeness (QED) is 0.232. The molecular formula is C27H26ClFN4O7S. The van der Waals surface area contributed by atoms with E-state index in [1.54, 1.807) is 57.2 Å². The number of primary amides is 1. The summed E-state index contributed by atoms with van der Waals surface area (Å²) in [5.41, 5.74) is 6.91. The van der Waals surface area contributed by atoms with Gasteiger partial charge in [-0.3, -0.25) is 4.79 Å². The molecule has 0 aliphatic carbocycles. The SMILES string of the molecule is Cc1ccc(F)c([C@@H](C)[C@H](NS(=O)(=O)c2ccc(Cl)cc2C(N)=O)c2n[nH]c(=O)o2)c1C.O=C(O)c1ccccc1. The molecule has 4 rings (SSSR count). The van der Waals surface area contributed by atoms with Crippen LogP contribution in [-0.2, 0) is 10.0 Å². The van der Waals surface area contributed by atoms with E-state index in [4.69, 9.17) is 26.9 Å². The summed E-state index contributed by atoms with van der Waals surface area (Å²) in [5, 5.41) is 14.3. The van der Waals surface area contributed by atoms with Crippen molar-refractivity contribution < 1.29 is 31.9 Å². The summed E-state index contributed by atoms with van der Waals surface area (Å²) in [6.07, 6.45) is 0. The van der Waals surface area contributed by atoms with Crippen LogP contribution in [0.5, 0.6) is 0 Å². The fourth-order valence-electron chi connectivity index (χ4n) is 4.01. The highest BCUT2D eigenvalue weighted by molar-refractivity contribution is 7.89. The van der Waals surface area contributed by atoms with Crippen LogP contribution >= 0.6 is 11.6 Å². The molecular weight excluding hydrogens is 579 g/mol. The fourth-order valence-corrected chi connectivity index (χ4v) is 5.65. The number of nitrogens with two attached hydrogens (primary N) is 1. The van der Waals surface area contributed by atoms with Gasteiger partial charge in [0.25, 0.3) is 0 Å². The Morgan fingerprint density at radius 3 is 2.32 bits per heavy atom. The van der Waals surface area contributed by atoms with Gasteiger partial charge in [-0.15, -0.1) is 5.10 Å². The molecule has 0 saturated heterocycles. The Morgan fingerprint density at radius 2 is 1.78 bits per heavy atom. The molecule has 0 saturated carbocycles. The lowest BCUT2D eigenvalue weighted by molar-refractivity contribution is 0.0696. The molecule has 1 heterocycles. The van der Waals surface area contributed by atoms with Gasteiger partial charge in [0.2, 0.25) is 21.8 Å². The average Bonchev–Trinajstić information content (AvgIpc) is 3.36. The molecule has 0 unspecified atom stereocenters. The summed E-state index contributed by atoms with van der Waals surface area (Å²) >= 11 is 5.87. The third kappa shape index (κ3) is 7.45. The number of sulfonamides is 1. The second-order valence-corrected chi connectivity index (χ2v) is 11.0. The molecule has 3 aromatic carbocycles. The number of carbonyl (C=O) groups excluding carboxylic acids is 1. The van der Waals surface area contributed by atoms with Crippen LogP contribution < -0.4 is 16.2 Å². The zero-order valence-electron chi connectivity index (χ0n) is 22.0. The first-order valence-electron chi connectivity index (χ1n) is 11.9. The number of amides is 1. The van der Waals surface area contributed by atoms with Crippen molar-refractivity contribution in [3.05, 3.63) is 116 Å². The Kier molecular flexibility index (Phi) is 9.81. The average molecular weight is 605 g/mol. The van der Waals surface area contributed by atoms with Crippen molar-refractivity contribution in [2.45, 2.75) is 37.6 Å². The summed E-state index contributed by atoms with van der Waals surface area (Å²) in [5.74, 6) is -4.53. The van der Waals surface area contributed by atoms with Crippen molar-refractivity contribution in [1.82, 2.24) is 14.9 Å². The smallest absolute Gasteiger partial charge is 0.434 e. The van der Waals surface area contributed by atoms with Gasteiger partial charge < -0.3 is 15.3 Å². The summed E-state index contributed by atoms with van der Waals surface area (Å²) in [6.45, 7) is 5.04. The predicted molar refractivity (Wildman–Crippen MR) is 148 cm³/mol. The summed E-state index contributed by atoms with van der Waals surface area (Å²) < 4.78 is 48.6. The zero-order chi connectivity index (χ0) is 30.5. The van der Waals surface area contributed by atoms with Crippen molar-refractivity contribution >= 4 is 33.5 Å². The zero-order valence-corrected chi connectivity index (χ0v) is 23.6. The molecule has 11 nitrogen and oxygen atoms in total. The van der Waals surface area contributed by atoms with E-state index in [0.717, 1.165) is 17.7 Å². The van der Waals surface area contributed by atoms with E-state index in [-0.39, 0.29) is 22.0 Å². The minimum Gasteiger partial charge on any atom is -0.478 e. The van der Waals surface area contributed by atoms with E-state index in [0.29, 0.717) is 11.1 Å². The molecule has 0 radical (unpaired) electrons. The first kappa shape index (κ1) is 31.2. The number of benzene rings is 3. The number of hydrogen-bond donors (Lipinski definition) is 4. The molecule has 0 bridgehead atoms. The molecule has 216 valence electrons. The number of aromatic amines is 1. The Balaban J connectivity index is 0.000000436. The lowest BCUT2D eigenvalue weighted by Crippen LogP contribution is -2.34. The molecule has 14 heteroatoms. The lowest BCUT2D eigenvalue weighted by atomic mass is 9.88. The van der Waals surface area contributed by atoms with Crippen molar-refractivity contribution in [1.29, 1.82) is 0 Å². The van der Waals surface area contributed by atoms with E-state index < -0.39 is 50.3 Å². The van der Waals surface area contributed by atoms with Crippen LogP contribution in [0.15, 0.2) is 74.8 Å². The van der Waals surface area contributed by atoms with Crippen LogP contribution in [0.25, 0.3) is 0 Å². The second kappa shape index (κ2) is 12.9. The van der Waals surface area contributed by atoms with Crippen LogP contribution in [0, 0.1) is 19.7 Å². The summed E-state index contributed by atoms with van der Waals surface area (Å²) in [6, 6.07) is 13.4. The van der Waals surface area contributed by atoms with E-state index in [2.05, 4.69) is 14.9 Å². The third-order valence-electron chi connectivity index (χ3n) is 6.21. The monoisotopic (exact) mass is 604 g/mol. The highest BCUT2D eigenvalue weighted by atomic mass is 35.5. The lowest BCUT2D eigenvalue weighted by Gasteiger charge is -2.25. The van der Waals surface area contributed by atoms with E-state index >= 15 is 0 Å². The van der Waals surface area contributed by atoms with Crippen molar-refractivity contribution in [2.75, 3.05) is 0 Å². The Bertz CT molecular complexity index is 1740. The van der Waals surface area contributed by atoms with E-state index in [9.17, 15) is 27.2 Å². The van der Waals surface area contributed by atoms with E-state index in [1.807, 2.05) is 0 Å². The molecule has 1 aromatic heterocycles. The Hall–Kier alpha value is -4.33. The Morgan fingerprint density at radius 1 is 1.12 bits per heavy atom. The molecule has 2 atom stereocenters. The van der Waals surface area contributed by atoms with Gasteiger partial charge in [-0.25, -0.2) is 27.5 Å². The molecule has 41 heavy (non-hydrogen) atoms. The maximum atomic E-state index is 14.8. The van der Waals surface area contributed by atoms with Gasteiger partial charge in [-0.05, 0) is 66.9 Å². The number of aromatic carboxylic acids is 1. The number of carboxylic acids is 1. The summed E-state index contributed by atoms with van der Waals surface area (Å²) in [4.78, 5) is 33.1. The van der Waals surface area contributed by atoms with Crippen LogP contribution in [0.2, 0.25) is 5.02 Å². The van der Waals surface area contributed by atoms with Crippen LogP contribution in [0.1, 0.15) is 62.2 Å². The molecule has 4 aromatic rings. The minimum absolute atomic E-state index is 0.110. The summed E-state index contributed by atoms with van der Waals surface area (Å²) in [7, 11) is -4.43. The predicted octanol–water partition coefficient (Wildman–Crippen LogP) is 4.08. The van der Waals surface area contributed by atoms with Gasteiger partial charge in [0.15, 0.2) is 0 Å². The standard InChI is InChI=1S/C20H20ClFN4O5S.C7H6O2/c1-9-4-6-14(22)16(10(9)2)11(3)17(19-24-25-20(28)31-19)26-32(29,30)15-7-5-12(21)8-13(15)18(23)27;8-7(9)6-4-2-1-3-5-6/h4-8,11,17,26H,1-3H3,(H2,23,27)(H,25,28);1-5H,(H,8,9)/t11-,17+;/m1./s1. The van der Waals surface area contributed by atoms with Gasteiger partial charge in [0.05, 0.1) is 16.0 Å². The number of nitrogens with one attached hydrogen (secondary N) is 2. The van der Waals surface area contributed by atoms with Crippen molar-refractivity contribution in [2.24, 2.45) is 5.73 Å². The highest BCUT2D eigenvalue weighted by Gasteiger charge is 2.34. The van der Waals surface area contributed by atoms with Gasteiger partial charge in [-0.1, -0.05) is 42.8 Å². The number of rotatable bonds is 8. The molecule has 0 spiro atoms. The number of carboxylic acid groups (broad SMARTS) is 1. The number of hydrogen-bond acceptors (Lipinski definition) is 7. The first-order chi connectivity index (χ1) is 19.2. The normalized spacial score (nSPS) is 12.6. The maximum absolute atomic E-state index is 14.8. The number of H-pyrrole nitrogens is 1. The van der Waals surface area contributed by atoms with Crippen molar-refractivity contribution in [3.63, 3.8) is 0 Å². The largest absolute Gasteiger partial charge is 0.478 e. The maximum Gasteiger partial charge on any atom is 0.434 e. The van der Waals surface area contributed by atoms with Crippen LogP contribution in [0.3, 0.4) is 0 Å². The molecule has 0 fully saturated rings. The first-order valence-corrected chi connectivity index (χ1v) is 13.8. The van der Waals surface area contributed by atoms with Gasteiger partial charge >= 0.3 is 11.7 Å². The number of nitrogens with zero attached hydrogens (tertiary/aromatic N) is 1. The third-order valence-corrected chi connectivity index (χ3v) is 7.94. The minimum atomic E-state index is -4.43. The molecule has 1 amide bonds. The molecule has 0 aliphatic heterocycles. The Labute approximate surface area is 239 Å². The van der Waals surface area contributed by atoms with E-state index in [1.165, 1.54) is 12.1 Å². The van der Waals surface area contributed by atoms with Gasteiger partial charge in [0.1, 0.15) is 11.9 Å². The highest BCUT2D eigenvalue weighted by Crippen LogP contribution is 2.35. The molecule has 5 N–H and O–H groups in total. The second-order valence-electron chi connectivity index (χ2n) is 8.92. The molecule has 0 aliphatic rings.